The molecule has 192 valence electrons. The third-order valence-electron chi connectivity index (χ3n) is 5.28. The summed E-state index contributed by atoms with van der Waals surface area (Å²) in [6.07, 6.45) is 1.43. The third kappa shape index (κ3) is 7.12. The Morgan fingerprint density at radius 1 is 0.842 bits per heavy atom. The standard InChI is InChI=1S/C29H22Cl2N2O5/c1-36-27-15-19(7-14-26(27)38-29(35)22-10-13-24(30)25(31)16-22)17-32-33-28(34)18-37-23-11-8-21(9-12-23)20-5-3-2-4-6-20/h2-17H,18H2,1H3,(H,33,34)/b32-17-. The monoisotopic (exact) mass is 548 g/mol. The van der Waals surface area contributed by atoms with E-state index < -0.39 is 11.9 Å². The van der Waals surface area contributed by atoms with Crippen LogP contribution in [0.5, 0.6) is 17.2 Å². The van der Waals surface area contributed by atoms with Crippen LogP contribution in [0.15, 0.2) is 96.1 Å². The molecular weight excluding hydrogens is 527 g/mol. The van der Waals surface area contributed by atoms with Crippen molar-refractivity contribution < 1.29 is 23.8 Å². The maximum atomic E-state index is 12.5. The fraction of sp³-hybridized carbons (Fsp3) is 0.0690. The number of hydrazone groups is 1. The van der Waals surface area contributed by atoms with Crippen LogP contribution in [0.4, 0.5) is 0 Å². The first-order chi connectivity index (χ1) is 18.4. The summed E-state index contributed by atoms with van der Waals surface area (Å²) in [4.78, 5) is 24.6. The lowest BCUT2D eigenvalue weighted by Gasteiger charge is -2.10. The number of benzene rings is 4. The molecule has 7 nitrogen and oxygen atoms in total. The lowest BCUT2D eigenvalue weighted by atomic mass is 10.1. The van der Waals surface area contributed by atoms with Gasteiger partial charge in [-0.05, 0) is 65.2 Å². The van der Waals surface area contributed by atoms with Gasteiger partial charge < -0.3 is 14.2 Å². The van der Waals surface area contributed by atoms with Crippen molar-refractivity contribution in [3.63, 3.8) is 0 Å². The number of carbonyl (C=O) groups excluding carboxylic acids is 2. The largest absolute Gasteiger partial charge is 0.493 e. The molecule has 0 atom stereocenters. The number of carbonyl (C=O) groups is 2. The number of hydrogen-bond acceptors (Lipinski definition) is 6. The maximum absolute atomic E-state index is 12.5. The van der Waals surface area contributed by atoms with Gasteiger partial charge in [-0.2, -0.15) is 5.10 Å². The van der Waals surface area contributed by atoms with Gasteiger partial charge in [0.05, 0.1) is 28.9 Å². The van der Waals surface area contributed by atoms with E-state index >= 15 is 0 Å². The van der Waals surface area contributed by atoms with Crippen molar-refractivity contribution in [2.24, 2.45) is 5.10 Å². The van der Waals surface area contributed by atoms with Gasteiger partial charge in [0.2, 0.25) is 0 Å². The van der Waals surface area contributed by atoms with E-state index in [0.717, 1.165) is 11.1 Å². The number of nitrogens with zero attached hydrogens (tertiary/aromatic N) is 1. The molecule has 1 amide bonds. The van der Waals surface area contributed by atoms with Gasteiger partial charge in [0.1, 0.15) is 5.75 Å². The molecule has 0 aliphatic carbocycles. The number of methoxy groups -OCH3 is 1. The zero-order chi connectivity index (χ0) is 26.9. The van der Waals surface area contributed by atoms with Crippen LogP contribution in [0, 0.1) is 0 Å². The highest BCUT2D eigenvalue weighted by molar-refractivity contribution is 6.42. The number of halogens is 2. The minimum atomic E-state index is -0.620. The van der Waals surface area contributed by atoms with Crippen molar-refractivity contribution in [2.45, 2.75) is 0 Å². The number of nitrogens with one attached hydrogen (secondary N) is 1. The van der Waals surface area contributed by atoms with Crippen molar-refractivity contribution in [2.75, 3.05) is 13.7 Å². The molecule has 0 heterocycles. The Balaban J connectivity index is 1.29. The lowest BCUT2D eigenvalue weighted by Crippen LogP contribution is -2.24. The molecular formula is C29H22Cl2N2O5. The van der Waals surface area contributed by atoms with Crippen LogP contribution in [0.3, 0.4) is 0 Å². The van der Waals surface area contributed by atoms with Gasteiger partial charge in [0.15, 0.2) is 18.1 Å². The number of hydrogen-bond donors (Lipinski definition) is 1. The van der Waals surface area contributed by atoms with E-state index in [1.165, 1.54) is 31.5 Å². The highest BCUT2D eigenvalue weighted by Crippen LogP contribution is 2.29. The molecule has 0 fully saturated rings. The van der Waals surface area contributed by atoms with Crippen LogP contribution in [-0.2, 0) is 4.79 Å². The van der Waals surface area contributed by atoms with Gasteiger partial charge in [-0.1, -0.05) is 65.7 Å². The summed E-state index contributed by atoms with van der Waals surface area (Å²) < 4.78 is 16.3. The molecule has 0 aliphatic rings. The summed E-state index contributed by atoms with van der Waals surface area (Å²) in [5.74, 6) is 0.0322. The summed E-state index contributed by atoms with van der Waals surface area (Å²) in [6.45, 7) is -0.199. The average molecular weight is 549 g/mol. The molecule has 0 radical (unpaired) electrons. The van der Waals surface area contributed by atoms with E-state index in [9.17, 15) is 9.59 Å². The summed E-state index contributed by atoms with van der Waals surface area (Å²) in [5.41, 5.74) is 5.41. The van der Waals surface area contributed by atoms with Crippen LogP contribution in [-0.4, -0.2) is 31.8 Å². The van der Waals surface area contributed by atoms with Crippen molar-refractivity contribution in [1.82, 2.24) is 5.43 Å². The Morgan fingerprint density at radius 2 is 1.58 bits per heavy atom. The number of esters is 1. The second-order valence-electron chi connectivity index (χ2n) is 7.90. The molecule has 0 saturated heterocycles. The van der Waals surface area contributed by atoms with Crippen LogP contribution in [0.2, 0.25) is 10.0 Å². The second-order valence-corrected chi connectivity index (χ2v) is 8.72. The number of rotatable bonds is 9. The highest BCUT2D eigenvalue weighted by Gasteiger charge is 2.14. The van der Waals surface area contributed by atoms with Gasteiger partial charge in [-0.3, -0.25) is 4.79 Å². The molecule has 4 rings (SSSR count). The predicted octanol–water partition coefficient (Wildman–Crippen LogP) is 6.42. The highest BCUT2D eigenvalue weighted by atomic mass is 35.5. The fourth-order valence-electron chi connectivity index (χ4n) is 3.36. The Hall–Kier alpha value is -4.33. The first kappa shape index (κ1) is 26.7. The molecule has 0 saturated carbocycles. The predicted molar refractivity (Wildman–Crippen MR) is 148 cm³/mol. The van der Waals surface area contributed by atoms with Crippen LogP contribution >= 0.6 is 23.2 Å². The molecule has 0 bridgehead atoms. The zero-order valence-electron chi connectivity index (χ0n) is 20.2. The molecule has 9 heteroatoms. The van der Waals surface area contributed by atoms with Crippen molar-refractivity contribution in [3.8, 4) is 28.4 Å². The van der Waals surface area contributed by atoms with Gasteiger partial charge in [-0.25, -0.2) is 10.2 Å². The Kier molecular flexibility index (Phi) is 8.98. The first-order valence-electron chi connectivity index (χ1n) is 11.4. The van der Waals surface area contributed by atoms with Gasteiger partial charge >= 0.3 is 5.97 Å². The number of amides is 1. The minimum absolute atomic E-state index is 0.199. The van der Waals surface area contributed by atoms with Crippen molar-refractivity contribution in [3.05, 3.63) is 112 Å². The molecule has 0 aromatic heterocycles. The lowest BCUT2D eigenvalue weighted by molar-refractivity contribution is -0.123. The summed E-state index contributed by atoms with van der Waals surface area (Å²) >= 11 is 11.9. The summed E-state index contributed by atoms with van der Waals surface area (Å²) in [6, 6.07) is 26.7. The smallest absolute Gasteiger partial charge is 0.343 e. The molecule has 4 aromatic carbocycles. The van der Waals surface area contributed by atoms with E-state index in [1.54, 1.807) is 30.3 Å². The number of ether oxygens (including phenoxy) is 3. The SMILES string of the molecule is COc1cc(/C=N\NC(=O)COc2ccc(-c3ccccc3)cc2)ccc1OC(=O)c1ccc(Cl)c(Cl)c1. The van der Waals surface area contributed by atoms with E-state index in [4.69, 9.17) is 37.4 Å². The van der Waals surface area contributed by atoms with Crippen molar-refractivity contribution >= 4 is 41.3 Å². The molecule has 38 heavy (non-hydrogen) atoms. The molecule has 1 N–H and O–H groups in total. The van der Waals surface area contributed by atoms with E-state index in [1.807, 2.05) is 42.5 Å². The zero-order valence-corrected chi connectivity index (χ0v) is 21.7. The topological polar surface area (TPSA) is 86.2 Å². The Morgan fingerprint density at radius 3 is 2.29 bits per heavy atom. The summed E-state index contributed by atoms with van der Waals surface area (Å²) in [7, 11) is 1.44. The summed E-state index contributed by atoms with van der Waals surface area (Å²) in [5, 5.41) is 4.52. The first-order valence-corrected chi connectivity index (χ1v) is 12.1. The average Bonchev–Trinajstić information content (AvgIpc) is 2.94. The van der Waals surface area contributed by atoms with Gasteiger partial charge in [0, 0.05) is 0 Å². The normalized spacial score (nSPS) is 10.7. The second kappa shape index (κ2) is 12.8. The minimum Gasteiger partial charge on any atom is -0.493 e. The van der Waals surface area contributed by atoms with Crippen molar-refractivity contribution in [1.29, 1.82) is 0 Å². The quantitative estimate of drug-likeness (QED) is 0.113. The maximum Gasteiger partial charge on any atom is 0.343 e. The Bertz CT molecular complexity index is 1460. The van der Waals surface area contributed by atoms with Gasteiger partial charge in [-0.15, -0.1) is 0 Å². The third-order valence-corrected chi connectivity index (χ3v) is 6.02. The van der Waals surface area contributed by atoms with E-state index in [-0.39, 0.29) is 22.9 Å². The van der Waals surface area contributed by atoms with Crippen LogP contribution in [0.1, 0.15) is 15.9 Å². The molecule has 0 aliphatic heterocycles. The van der Waals surface area contributed by atoms with Gasteiger partial charge in [0.25, 0.3) is 5.91 Å². The van der Waals surface area contributed by atoms with E-state index in [2.05, 4.69) is 10.5 Å². The molecule has 0 unspecified atom stereocenters. The Labute approximate surface area is 229 Å². The van der Waals surface area contributed by atoms with Crippen LogP contribution in [0.25, 0.3) is 11.1 Å². The van der Waals surface area contributed by atoms with Crippen LogP contribution < -0.4 is 19.6 Å². The molecule has 0 spiro atoms. The van der Waals surface area contributed by atoms with E-state index in [0.29, 0.717) is 22.1 Å². The fourth-order valence-corrected chi connectivity index (χ4v) is 3.66. The molecule has 4 aromatic rings.